The molecule has 9 heteroatoms. The van der Waals surface area contributed by atoms with E-state index in [4.69, 9.17) is 23.8 Å². The van der Waals surface area contributed by atoms with Crippen molar-refractivity contribution < 1.29 is 13.2 Å². The van der Waals surface area contributed by atoms with E-state index in [9.17, 15) is 13.2 Å². The third kappa shape index (κ3) is 3.54. The van der Waals surface area contributed by atoms with Crippen molar-refractivity contribution >= 4 is 29.5 Å². The third-order valence-electron chi connectivity index (χ3n) is 3.96. The highest BCUT2D eigenvalue weighted by Crippen LogP contribution is 2.32. The van der Waals surface area contributed by atoms with Crippen LogP contribution in [0.5, 0.6) is 0 Å². The lowest BCUT2D eigenvalue weighted by Crippen LogP contribution is -2.29. The van der Waals surface area contributed by atoms with Crippen molar-refractivity contribution in [3.05, 3.63) is 27.6 Å². The number of nitrogens with zero attached hydrogens (tertiary/aromatic N) is 4. The van der Waals surface area contributed by atoms with Gasteiger partial charge in [0.1, 0.15) is 0 Å². The molecule has 1 aliphatic carbocycles. The van der Waals surface area contributed by atoms with E-state index in [-0.39, 0.29) is 15.4 Å². The van der Waals surface area contributed by atoms with Crippen LogP contribution in [-0.2, 0) is 12.8 Å². The fraction of sp³-hybridized carbons (Fsp3) is 0.571. The summed E-state index contributed by atoms with van der Waals surface area (Å²) in [5.41, 5.74) is -0.594. The van der Waals surface area contributed by atoms with Gasteiger partial charge in [-0.15, -0.1) is 5.10 Å². The molecule has 1 fully saturated rings. The molecule has 0 radical (unpaired) electrons. The van der Waals surface area contributed by atoms with Crippen molar-refractivity contribution in [2.75, 3.05) is 13.1 Å². The minimum Gasteiger partial charge on any atom is -0.284 e. The van der Waals surface area contributed by atoms with E-state index in [0.717, 1.165) is 25.4 Å². The molecule has 23 heavy (non-hydrogen) atoms. The van der Waals surface area contributed by atoms with Crippen LogP contribution in [-0.4, -0.2) is 32.2 Å². The molecule has 2 aromatic rings. The molecule has 2 heterocycles. The smallest absolute Gasteiger partial charge is 0.284 e. The van der Waals surface area contributed by atoms with Gasteiger partial charge in [-0.2, -0.15) is 13.2 Å². The summed E-state index contributed by atoms with van der Waals surface area (Å²) in [6.07, 6.45) is -1.07. The minimum atomic E-state index is -4.48. The topological polar surface area (TPSA) is 25.5 Å². The second-order valence-corrected chi connectivity index (χ2v) is 6.58. The second kappa shape index (κ2) is 6.07. The SMILES string of the molecule is CCN(CC1CC1)Cn1nc2c(Cl)cc(C(F)(F)F)cn2c1=S. The van der Waals surface area contributed by atoms with E-state index in [1.165, 1.54) is 21.9 Å². The van der Waals surface area contributed by atoms with Crippen LogP contribution in [0.2, 0.25) is 5.02 Å². The fourth-order valence-corrected chi connectivity index (χ4v) is 2.95. The lowest BCUT2D eigenvalue weighted by molar-refractivity contribution is -0.137. The Morgan fingerprint density at radius 1 is 1.43 bits per heavy atom. The summed E-state index contributed by atoms with van der Waals surface area (Å²) in [5.74, 6) is 0.710. The van der Waals surface area contributed by atoms with Crippen LogP contribution < -0.4 is 0 Å². The largest absolute Gasteiger partial charge is 0.417 e. The number of halogens is 4. The number of aromatic nitrogens is 3. The van der Waals surface area contributed by atoms with E-state index < -0.39 is 11.7 Å². The predicted octanol–water partition coefficient (Wildman–Crippen LogP) is 4.23. The minimum absolute atomic E-state index is 0.0603. The molecule has 0 amide bonds. The Kier molecular flexibility index (Phi) is 4.41. The number of rotatable bonds is 5. The molecule has 0 aromatic carbocycles. The number of pyridine rings is 1. The number of hydrogen-bond acceptors (Lipinski definition) is 3. The lowest BCUT2D eigenvalue weighted by Gasteiger charge is -2.19. The van der Waals surface area contributed by atoms with E-state index in [1.807, 2.05) is 6.92 Å². The van der Waals surface area contributed by atoms with Crippen LogP contribution in [0.25, 0.3) is 5.65 Å². The second-order valence-electron chi connectivity index (χ2n) is 5.80. The maximum Gasteiger partial charge on any atom is 0.417 e. The highest BCUT2D eigenvalue weighted by atomic mass is 35.5. The van der Waals surface area contributed by atoms with Gasteiger partial charge >= 0.3 is 6.18 Å². The van der Waals surface area contributed by atoms with Crippen molar-refractivity contribution in [2.45, 2.75) is 32.6 Å². The first-order valence-electron chi connectivity index (χ1n) is 7.38. The first-order valence-corrected chi connectivity index (χ1v) is 8.16. The molecule has 3 rings (SSSR count). The van der Waals surface area contributed by atoms with Gasteiger partial charge in [0, 0.05) is 12.7 Å². The van der Waals surface area contributed by atoms with Crippen molar-refractivity contribution in [1.29, 1.82) is 0 Å². The summed E-state index contributed by atoms with van der Waals surface area (Å²) in [6, 6.07) is 0.880. The zero-order valence-electron chi connectivity index (χ0n) is 12.5. The zero-order chi connectivity index (χ0) is 16.8. The van der Waals surface area contributed by atoms with Gasteiger partial charge in [0.25, 0.3) is 0 Å². The molecule has 4 nitrogen and oxygen atoms in total. The lowest BCUT2D eigenvalue weighted by atomic mass is 10.3. The maximum atomic E-state index is 12.9. The van der Waals surface area contributed by atoms with Gasteiger partial charge < -0.3 is 0 Å². The van der Waals surface area contributed by atoms with Gasteiger partial charge in [0.2, 0.25) is 4.77 Å². The molecule has 126 valence electrons. The van der Waals surface area contributed by atoms with Crippen LogP contribution in [0.15, 0.2) is 12.3 Å². The van der Waals surface area contributed by atoms with Crippen LogP contribution in [0.3, 0.4) is 0 Å². The van der Waals surface area contributed by atoms with E-state index in [0.29, 0.717) is 12.6 Å². The molecule has 0 N–H and O–H groups in total. The average Bonchev–Trinajstić information content (AvgIpc) is 3.23. The normalized spacial score (nSPS) is 15.7. The maximum absolute atomic E-state index is 12.9. The highest BCUT2D eigenvalue weighted by Gasteiger charge is 2.32. The molecule has 0 saturated heterocycles. The Bertz CT molecular complexity index is 779. The molecular weight excluding hydrogens is 349 g/mol. The Balaban J connectivity index is 1.97. The average molecular weight is 365 g/mol. The predicted molar refractivity (Wildman–Crippen MR) is 84.0 cm³/mol. The standard InChI is InChI=1S/C14H16ClF3N4S/c1-2-20(6-9-3-4-9)8-22-13(23)21-7-10(14(16,17)18)5-11(15)12(21)19-22/h5,7,9H,2-4,6,8H2,1H3. The van der Waals surface area contributed by atoms with Gasteiger partial charge in [-0.05, 0) is 43.6 Å². The van der Waals surface area contributed by atoms with E-state index in [1.54, 1.807) is 0 Å². The zero-order valence-corrected chi connectivity index (χ0v) is 14.0. The summed E-state index contributed by atoms with van der Waals surface area (Å²) in [5, 5.41) is 4.22. The van der Waals surface area contributed by atoms with E-state index in [2.05, 4.69) is 10.00 Å². The highest BCUT2D eigenvalue weighted by molar-refractivity contribution is 7.71. The molecule has 0 bridgehead atoms. The van der Waals surface area contributed by atoms with Crippen molar-refractivity contribution in [3.8, 4) is 0 Å². The van der Waals surface area contributed by atoms with Crippen LogP contribution in [0.1, 0.15) is 25.3 Å². The monoisotopic (exact) mass is 364 g/mol. The van der Waals surface area contributed by atoms with Crippen LogP contribution in [0, 0.1) is 10.7 Å². The number of alkyl halides is 3. The van der Waals surface area contributed by atoms with Crippen LogP contribution >= 0.6 is 23.8 Å². The van der Waals surface area contributed by atoms with Crippen LogP contribution in [0.4, 0.5) is 13.2 Å². The summed E-state index contributed by atoms with van der Waals surface area (Å²) < 4.78 is 41.7. The van der Waals surface area contributed by atoms with Crippen molar-refractivity contribution in [3.63, 3.8) is 0 Å². The Hall–Kier alpha value is -1.12. The molecule has 1 saturated carbocycles. The fourth-order valence-electron chi connectivity index (χ4n) is 2.47. The van der Waals surface area contributed by atoms with Gasteiger partial charge in [0.15, 0.2) is 5.65 Å². The number of fused-ring (bicyclic) bond motifs is 1. The Labute approximate surface area is 141 Å². The molecule has 2 aromatic heterocycles. The molecule has 1 aliphatic rings. The van der Waals surface area contributed by atoms with Gasteiger partial charge in [-0.1, -0.05) is 18.5 Å². The first kappa shape index (κ1) is 16.7. The van der Waals surface area contributed by atoms with Gasteiger partial charge in [-0.25, -0.2) is 4.68 Å². The molecule has 0 atom stereocenters. The van der Waals surface area contributed by atoms with Gasteiger partial charge in [-0.3, -0.25) is 9.30 Å². The first-order chi connectivity index (χ1) is 10.8. The summed E-state index contributed by atoms with van der Waals surface area (Å²) in [7, 11) is 0. The van der Waals surface area contributed by atoms with Crippen molar-refractivity contribution in [1.82, 2.24) is 19.1 Å². The van der Waals surface area contributed by atoms with Gasteiger partial charge in [0.05, 0.1) is 17.3 Å². The molecule has 0 unspecified atom stereocenters. The Morgan fingerprint density at radius 3 is 2.70 bits per heavy atom. The number of hydrogen-bond donors (Lipinski definition) is 0. The quantitative estimate of drug-likeness (QED) is 0.742. The van der Waals surface area contributed by atoms with E-state index >= 15 is 0 Å². The summed E-state index contributed by atoms with van der Waals surface area (Å²) >= 11 is 11.2. The van der Waals surface area contributed by atoms with Crippen molar-refractivity contribution in [2.24, 2.45) is 5.92 Å². The summed E-state index contributed by atoms with van der Waals surface area (Å²) in [4.78, 5) is 2.18. The molecular formula is C14H16ClF3N4S. The Morgan fingerprint density at radius 2 is 2.13 bits per heavy atom. The molecule has 0 aliphatic heterocycles. The summed E-state index contributed by atoms with van der Waals surface area (Å²) in [6.45, 7) is 4.27. The molecule has 0 spiro atoms. The third-order valence-corrected chi connectivity index (χ3v) is 4.64.